The van der Waals surface area contributed by atoms with E-state index in [2.05, 4.69) is 0 Å². The smallest absolute Gasteiger partial charge is 0.129 e. The first-order chi connectivity index (χ1) is 9.59. The van der Waals surface area contributed by atoms with Gasteiger partial charge in [-0.15, -0.1) is 0 Å². The second-order valence-corrected chi connectivity index (χ2v) is 5.48. The van der Waals surface area contributed by atoms with E-state index in [0.29, 0.717) is 6.61 Å². The predicted molar refractivity (Wildman–Crippen MR) is 73.5 cm³/mol. The van der Waals surface area contributed by atoms with Gasteiger partial charge in [0.1, 0.15) is 11.6 Å². The average molecular weight is 284 g/mol. The van der Waals surface area contributed by atoms with Crippen LogP contribution in [0.2, 0.25) is 0 Å². The molecular weight excluding hydrogens is 262 g/mol. The molecule has 0 bridgehead atoms. The maximum absolute atomic E-state index is 13.7. The van der Waals surface area contributed by atoms with Crippen LogP contribution in [0.1, 0.15) is 44.6 Å². The van der Waals surface area contributed by atoms with E-state index < -0.39 is 23.3 Å². The lowest BCUT2D eigenvalue weighted by Crippen LogP contribution is -2.47. The van der Waals surface area contributed by atoms with Gasteiger partial charge >= 0.3 is 0 Å². The van der Waals surface area contributed by atoms with Gasteiger partial charge in [-0.25, -0.2) is 8.78 Å². The fraction of sp³-hybridized carbons (Fsp3) is 0.625. The highest BCUT2D eigenvalue weighted by atomic mass is 19.1. The summed E-state index contributed by atoms with van der Waals surface area (Å²) in [5.74, 6) is -1.21. The molecule has 20 heavy (non-hydrogen) atoms. The molecule has 0 saturated heterocycles. The molecule has 0 spiro atoms. The number of aliphatic hydroxyl groups excluding tert-OH is 1. The topological polar surface area (TPSA) is 29.5 Å². The Morgan fingerprint density at radius 2 is 1.80 bits per heavy atom. The number of halogens is 2. The Kier molecular flexibility index (Phi) is 5.11. The molecule has 1 N–H and O–H groups in total. The Hall–Kier alpha value is -1.00. The molecular formula is C16H22F2O2. The number of benzene rings is 1. The first-order valence-electron chi connectivity index (χ1n) is 7.34. The van der Waals surface area contributed by atoms with Crippen LogP contribution < -0.4 is 0 Å². The maximum atomic E-state index is 13.7. The van der Waals surface area contributed by atoms with Crippen LogP contribution in [0, 0.1) is 11.6 Å². The summed E-state index contributed by atoms with van der Waals surface area (Å²) >= 11 is 0. The summed E-state index contributed by atoms with van der Waals surface area (Å²) in [5.41, 5.74) is -0.702. The molecule has 1 aromatic carbocycles. The Bertz CT molecular complexity index is 416. The van der Waals surface area contributed by atoms with Crippen LogP contribution in [0.4, 0.5) is 8.78 Å². The SMILES string of the molecule is CCOC1(C(O)Cc2c(F)cccc2F)CCCCC1. The van der Waals surface area contributed by atoms with Crippen LogP contribution in [-0.4, -0.2) is 23.4 Å². The third-order valence-corrected chi connectivity index (χ3v) is 4.20. The van der Waals surface area contributed by atoms with Crippen molar-refractivity contribution in [3.8, 4) is 0 Å². The van der Waals surface area contributed by atoms with Gasteiger partial charge in [0.05, 0.1) is 11.7 Å². The van der Waals surface area contributed by atoms with Crippen molar-refractivity contribution in [3.63, 3.8) is 0 Å². The van der Waals surface area contributed by atoms with Crippen LogP contribution >= 0.6 is 0 Å². The molecule has 4 heteroatoms. The van der Waals surface area contributed by atoms with E-state index in [0.717, 1.165) is 32.1 Å². The zero-order valence-corrected chi connectivity index (χ0v) is 11.9. The van der Waals surface area contributed by atoms with Crippen LogP contribution in [0.3, 0.4) is 0 Å². The summed E-state index contributed by atoms with van der Waals surface area (Å²) in [4.78, 5) is 0. The van der Waals surface area contributed by atoms with Gasteiger partial charge in [-0.1, -0.05) is 25.3 Å². The Balaban J connectivity index is 2.18. The molecule has 0 aliphatic heterocycles. The number of aliphatic hydroxyl groups is 1. The lowest BCUT2D eigenvalue weighted by molar-refractivity contribution is -0.139. The van der Waals surface area contributed by atoms with E-state index in [-0.39, 0.29) is 12.0 Å². The molecule has 2 nitrogen and oxygen atoms in total. The highest BCUT2D eigenvalue weighted by Gasteiger charge is 2.40. The molecule has 2 rings (SSSR count). The van der Waals surface area contributed by atoms with Crippen molar-refractivity contribution in [2.45, 2.75) is 57.2 Å². The first kappa shape index (κ1) is 15.4. The van der Waals surface area contributed by atoms with Gasteiger partial charge in [-0.3, -0.25) is 0 Å². The summed E-state index contributed by atoms with van der Waals surface area (Å²) in [6.45, 7) is 2.38. The second kappa shape index (κ2) is 6.64. The quantitative estimate of drug-likeness (QED) is 0.895. The summed E-state index contributed by atoms with van der Waals surface area (Å²) in [5, 5.41) is 10.5. The van der Waals surface area contributed by atoms with Gasteiger partial charge in [0, 0.05) is 18.6 Å². The van der Waals surface area contributed by atoms with Crippen LogP contribution in [0.5, 0.6) is 0 Å². The molecule has 0 heterocycles. The lowest BCUT2D eigenvalue weighted by atomic mass is 9.78. The molecule has 1 aliphatic rings. The Morgan fingerprint density at radius 1 is 1.20 bits per heavy atom. The standard InChI is InChI=1S/C16H22F2O2/c1-2-20-16(9-4-3-5-10-16)15(19)11-12-13(17)7-6-8-14(12)18/h6-8,15,19H,2-5,9-11H2,1H3. The summed E-state index contributed by atoms with van der Waals surface area (Å²) < 4.78 is 33.2. The molecule has 1 atom stereocenters. The van der Waals surface area contributed by atoms with Gasteiger partial charge in [-0.2, -0.15) is 0 Å². The van der Waals surface area contributed by atoms with Crippen molar-refractivity contribution in [1.29, 1.82) is 0 Å². The highest BCUT2D eigenvalue weighted by molar-refractivity contribution is 5.21. The number of ether oxygens (including phenoxy) is 1. The van der Waals surface area contributed by atoms with Crippen LogP contribution in [0.15, 0.2) is 18.2 Å². The first-order valence-corrected chi connectivity index (χ1v) is 7.34. The number of rotatable bonds is 5. The molecule has 112 valence electrons. The van der Waals surface area contributed by atoms with E-state index >= 15 is 0 Å². The zero-order valence-electron chi connectivity index (χ0n) is 11.9. The molecule has 1 aromatic rings. The minimum Gasteiger partial charge on any atom is -0.390 e. The fourth-order valence-electron chi connectivity index (χ4n) is 3.12. The van der Waals surface area contributed by atoms with Gasteiger partial charge in [0.25, 0.3) is 0 Å². The van der Waals surface area contributed by atoms with E-state index in [1.807, 2.05) is 6.92 Å². The third kappa shape index (κ3) is 3.18. The molecule has 1 unspecified atom stereocenters. The van der Waals surface area contributed by atoms with Gasteiger partial charge in [0.2, 0.25) is 0 Å². The fourth-order valence-corrected chi connectivity index (χ4v) is 3.12. The number of hydrogen-bond acceptors (Lipinski definition) is 2. The van der Waals surface area contributed by atoms with E-state index in [1.54, 1.807) is 0 Å². The highest BCUT2D eigenvalue weighted by Crippen LogP contribution is 2.36. The van der Waals surface area contributed by atoms with Crippen LogP contribution in [0.25, 0.3) is 0 Å². The monoisotopic (exact) mass is 284 g/mol. The van der Waals surface area contributed by atoms with Gasteiger partial charge in [-0.05, 0) is 31.9 Å². The Morgan fingerprint density at radius 3 is 2.35 bits per heavy atom. The van der Waals surface area contributed by atoms with Crippen molar-refractivity contribution in [3.05, 3.63) is 35.4 Å². The Labute approximate surface area is 118 Å². The van der Waals surface area contributed by atoms with E-state index in [1.165, 1.54) is 18.2 Å². The van der Waals surface area contributed by atoms with Crippen LogP contribution in [-0.2, 0) is 11.2 Å². The normalized spacial score (nSPS) is 19.8. The molecule has 1 fully saturated rings. The van der Waals surface area contributed by atoms with Crippen molar-refractivity contribution < 1.29 is 18.6 Å². The zero-order chi connectivity index (χ0) is 14.6. The van der Waals surface area contributed by atoms with E-state index in [9.17, 15) is 13.9 Å². The molecule has 0 radical (unpaired) electrons. The minimum absolute atomic E-state index is 0.0431. The van der Waals surface area contributed by atoms with Gasteiger partial charge in [0.15, 0.2) is 0 Å². The summed E-state index contributed by atoms with van der Waals surface area (Å²) in [7, 11) is 0. The minimum atomic E-state index is -0.880. The van der Waals surface area contributed by atoms with Gasteiger partial charge < -0.3 is 9.84 Å². The summed E-state index contributed by atoms with van der Waals surface area (Å²) in [6.07, 6.45) is 3.66. The maximum Gasteiger partial charge on any atom is 0.129 e. The molecule has 0 amide bonds. The van der Waals surface area contributed by atoms with Crippen molar-refractivity contribution in [1.82, 2.24) is 0 Å². The van der Waals surface area contributed by atoms with E-state index in [4.69, 9.17) is 4.74 Å². The average Bonchev–Trinajstić information content (AvgIpc) is 2.44. The number of hydrogen-bond donors (Lipinski definition) is 1. The third-order valence-electron chi connectivity index (χ3n) is 4.20. The van der Waals surface area contributed by atoms with Crippen molar-refractivity contribution >= 4 is 0 Å². The predicted octanol–water partition coefficient (Wildman–Crippen LogP) is 3.61. The molecule has 1 aliphatic carbocycles. The second-order valence-electron chi connectivity index (χ2n) is 5.48. The molecule has 1 saturated carbocycles. The largest absolute Gasteiger partial charge is 0.390 e. The van der Waals surface area contributed by atoms with Crippen molar-refractivity contribution in [2.75, 3.05) is 6.61 Å². The van der Waals surface area contributed by atoms with Crippen molar-refractivity contribution in [2.24, 2.45) is 0 Å². The molecule has 0 aromatic heterocycles. The lowest BCUT2D eigenvalue weighted by Gasteiger charge is -2.41. The summed E-state index contributed by atoms with van der Waals surface area (Å²) in [6, 6.07) is 3.78.